The summed E-state index contributed by atoms with van der Waals surface area (Å²) in [4.78, 5) is 11.1. The number of rotatable bonds is 9. The van der Waals surface area contributed by atoms with Gasteiger partial charge in [0.2, 0.25) is 0 Å². The van der Waals surface area contributed by atoms with Crippen LogP contribution >= 0.6 is 0 Å². The van der Waals surface area contributed by atoms with E-state index in [1.165, 1.54) is 0 Å². The van der Waals surface area contributed by atoms with Gasteiger partial charge in [-0.15, -0.1) is 0 Å². The summed E-state index contributed by atoms with van der Waals surface area (Å²) < 4.78 is 20.3. The zero-order valence-electron chi connectivity index (χ0n) is 11.7. The molecule has 1 atom stereocenters. The highest BCUT2D eigenvalue weighted by Gasteiger charge is 2.10. The third kappa shape index (κ3) is 9.96. The van der Waals surface area contributed by atoms with Gasteiger partial charge in [-0.2, -0.15) is 0 Å². The lowest BCUT2D eigenvalue weighted by molar-refractivity contribution is -0.110. The topological polar surface area (TPSA) is 54.0 Å². The minimum Gasteiger partial charge on any atom is -0.467 e. The Labute approximate surface area is 109 Å². The van der Waals surface area contributed by atoms with Crippen LogP contribution in [-0.4, -0.2) is 31.8 Å². The highest BCUT2D eigenvalue weighted by Crippen LogP contribution is 2.05. The third-order valence-corrected chi connectivity index (χ3v) is 1.87. The van der Waals surface area contributed by atoms with Crippen LogP contribution in [0, 0.1) is 0 Å². The largest absolute Gasteiger partial charge is 0.508 e. The Morgan fingerprint density at radius 3 is 2.44 bits per heavy atom. The first-order valence-electron chi connectivity index (χ1n) is 6.25. The van der Waals surface area contributed by atoms with Gasteiger partial charge < -0.3 is 18.9 Å². The number of ether oxygens (including phenoxy) is 4. The third-order valence-electron chi connectivity index (χ3n) is 1.87. The summed E-state index contributed by atoms with van der Waals surface area (Å²) in [6.45, 7) is 11.6. The first kappa shape index (κ1) is 16.8. The molecule has 18 heavy (non-hydrogen) atoms. The molecule has 0 aliphatic rings. The average molecular weight is 260 g/mol. The molecule has 0 fully saturated rings. The van der Waals surface area contributed by atoms with Crippen molar-refractivity contribution in [1.29, 1.82) is 0 Å². The summed E-state index contributed by atoms with van der Waals surface area (Å²) in [6, 6.07) is 0. The van der Waals surface area contributed by atoms with E-state index in [1.807, 2.05) is 0 Å². The van der Waals surface area contributed by atoms with Crippen LogP contribution in [-0.2, 0) is 18.9 Å². The molecule has 1 unspecified atom stereocenters. The van der Waals surface area contributed by atoms with E-state index in [9.17, 15) is 4.79 Å². The molecule has 0 aliphatic carbocycles. The van der Waals surface area contributed by atoms with Crippen molar-refractivity contribution in [2.24, 2.45) is 0 Å². The molecule has 5 nitrogen and oxygen atoms in total. The number of hydrogen-bond acceptors (Lipinski definition) is 5. The molecule has 0 aromatic heterocycles. The van der Waals surface area contributed by atoms with Crippen molar-refractivity contribution >= 4 is 6.16 Å². The van der Waals surface area contributed by atoms with Gasteiger partial charge in [-0.05, 0) is 27.2 Å². The molecule has 0 rings (SSSR count). The lowest BCUT2D eigenvalue weighted by Gasteiger charge is -2.17. The summed E-state index contributed by atoms with van der Waals surface area (Å²) in [5.74, 6) is 0.333. The SMILES string of the molecule is C=C(COC(=O)OC(C)C)OC(C)OCCCC. The van der Waals surface area contributed by atoms with Crippen LogP contribution in [0.25, 0.3) is 0 Å². The van der Waals surface area contributed by atoms with Crippen LogP contribution in [0.15, 0.2) is 12.3 Å². The second-order valence-electron chi connectivity index (χ2n) is 4.15. The van der Waals surface area contributed by atoms with Crippen LogP contribution in [0.5, 0.6) is 0 Å². The fourth-order valence-electron chi connectivity index (χ4n) is 1.06. The highest BCUT2D eigenvalue weighted by molar-refractivity contribution is 5.60. The normalized spacial score (nSPS) is 12.1. The minimum absolute atomic E-state index is 0.0347. The Bertz CT molecular complexity index is 250. The van der Waals surface area contributed by atoms with Gasteiger partial charge in [0.1, 0.15) is 5.76 Å². The van der Waals surface area contributed by atoms with E-state index < -0.39 is 12.4 Å². The van der Waals surface area contributed by atoms with Gasteiger partial charge in [-0.1, -0.05) is 19.9 Å². The summed E-state index contributed by atoms with van der Waals surface area (Å²) in [5, 5.41) is 0. The van der Waals surface area contributed by atoms with Gasteiger partial charge in [-0.3, -0.25) is 0 Å². The van der Waals surface area contributed by atoms with Crippen molar-refractivity contribution < 1.29 is 23.7 Å². The fourth-order valence-corrected chi connectivity index (χ4v) is 1.06. The lowest BCUT2D eigenvalue weighted by Crippen LogP contribution is -2.18. The summed E-state index contributed by atoms with van der Waals surface area (Å²) >= 11 is 0. The Hall–Kier alpha value is -1.23. The molecule has 0 aromatic rings. The Kier molecular flexibility index (Phi) is 9.10. The number of carbonyl (C=O) groups excluding carboxylic acids is 1. The van der Waals surface area contributed by atoms with Crippen molar-refractivity contribution in [3.05, 3.63) is 12.3 Å². The van der Waals surface area contributed by atoms with Crippen LogP contribution < -0.4 is 0 Å². The van der Waals surface area contributed by atoms with Gasteiger partial charge in [0.15, 0.2) is 12.9 Å². The van der Waals surface area contributed by atoms with Gasteiger partial charge >= 0.3 is 6.16 Å². The van der Waals surface area contributed by atoms with E-state index >= 15 is 0 Å². The predicted octanol–water partition coefficient (Wildman–Crippen LogP) is 3.24. The standard InChI is InChI=1S/C13H24O5/c1-6-7-8-15-12(5)18-11(4)9-16-13(14)17-10(2)3/h10,12H,4,6-9H2,1-3,5H3. The van der Waals surface area contributed by atoms with Crippen molar-refractivity contribution in [2.75, 3.05) is 13.2 Å². The van der Waals surface area contributed by atoms with Crippen molar-refractivity contribution in [3.8, 4) is 0 Å². The Balaban J connectivity index is 3.67. The van der Waals surface area contributed by atoms with E-state index in [2.05, 4.69) is 13.5 Å². The summed E-state index contributed by atoms with van der Waals surface area (Å²) in [7, 11) is 0. The summed E-state index contributed by atoms with van der Waals surface area (Å²) in [6.07, 6.45) is 0.723. The Morgan fingerprint density at radius 2 is 1.89 bits per heavy atom. The quantitative estimate of drug-likeness (QED) is 0.276. The molecule has 0 aliphatic heterocycles. The molecule has 5 heteroatoms. The van der Waals surface area contributed by atoms with E-state index in [0.717, 1.165) is 12.8 Å². The first-order chi connectivity index (χ1) is 8.45. The Morgan fingerprint density at radius 1 is 1.22 bits per heavy atom. The molecule has 0 saturated carbocycles. The smallest absolute Gasteiger partial charge is 0.467 e. The molecule has 0 saturated heterocycles. The van der Waals surface area contributed by atoms with Crippen molar-refractivity contribution in [3.63, 3.8) is 0 Å². The van der Waals surface area contributed by atoms with E-state index in [-0.39, 0.29) is 12.7 Å². The van der Waals surface area contributed by atoms with Gasteiger partial charge in [0, 0.05) is 0 Å². The minimum atomic E-state index is -0.727. The summed E-state index contributed by atoms with van der Waals surface area (Å²) in [5.41, 5.74) is 0. The lowest BCUT2D eigenvalue weighted by atomic mass is 10.4. The van der Waals surface area contributed by atoms with Gasteiger partial charge in [0.25, 0.3) is 0 Å². The molecular weight excluding hydrogens is 236 g/mol. The number of unbranched alkanes of at least 4 members (excludes halogenated alkanes) is 1. The molecule has 0 N–H and O–H groups in total. The maximum Gasteiger partial charge on any atom is 0.508 e. The zero-order chi connectivity index (χ0) is 14.0. The van der Waals surface area contributed by atoms with Crippen LogP contribution in [0.3, 0.4) is 0 Å². The molecule has 0 bridgehead atoms. The van der Waals surface area contributed by atoms with Gasteiger partial charge in [0.05, 0.1) is 12.7 Å². The number of hydrogen-bond donors (Lipinski definition) is 0. The fraction of sp³-hybridized carbons (Fsp3) is 0.769. The molecule has 0 spiro atoms. The predicted molar refractivity (Wildman–Crippen MR) is 68.1 cm³/mol. The monoisotopic (exact) mass is 260 g/mol. The molecule has 0 aromatic carbocycles. The molecule has 0 heterocycles. The van der Waals surface area contributed by atoms with Crippen LogP contribution in [0.4, 0.5) is 4.79 Å². The molecule has 106 valence electrons. The average Bonchev–Trinajstić information content (AvgIpc) is 2.26. The van der Waals surface area contributed by atoms with Crippen LogP contribution in [0.1, 0.15) is 40.5 Å². The van der Waals surface area contributed by atoms with E-state index in [0.29, 0.717) is 12.4 Å². The van der Waals surface area contributed by atoms with Crippen molar-refractivity contribution in [2.45, 2.75) is 52.9 Å². The maximum absolute atomic E-state index is 11.1. The van der Waals surface area contributed by atoms with E-state index in [1.54, 1.807) is 20.8 Å². The zero-order valence-corrected chi connectivity index (χ0v) is 11.7. The highest BCUT2D eigenvalue weighted by atomic mass is 16.7. The molecular formula is C13H24O5. The maximum atomic E-state index is 11.1. The second kappa shape index (κ2) is 9.76. The van der Waals surface area contributed by atoms with E-state index in [4.69, 9.17) is 18.9 Å². The van der Waals surface area contributed by atoms with Gasteiger partial charge in [-0.25, -0.2) is 4.79 Å². The van der Waals surface area contributed by atoms with Crippen LogP contribution in [0.2, 0.25) is 0 Å². The van der Waals surface area contributed by atoms with Crippen molar-refractivity contribution in [1.82, 2.24) is 0 Å². The molecule has 0 amide bonds. The second-order valence-corrected chi connectivity index (χ2v) is 4.15. The molecule has 0 radical (unpaired) electrons. The number of carbonyl (C=O) groups is 1. The first-order valence-corrected chi connectivity index (χ1v) is 6.25.